The van der Waals surface area contributed by atoms with Gasteiger partial charge in [-0.05, 0) is 76.0 Å². The Morgan fingerprint density at radius 3 is 2.48 bits per heavy atom. The Bertz CT molecular complexity index is 592. The summed E-state index contributed by atoms with van der Waals surface area (Å²) in [4.78, 5) is 22.0. The Labute approximate surface area is 173 Å². The second-order valence-corrected chi connectivity index (χ2v) is 7.42. The van der Waals surface area contributed by atoms with Crippen LogP contribution in [0, 0.1) is 0 Å². The minimum absolute atomic E-state index is 0.00720. The fourth-order valence-electron chi connectivity index (χ4n) is 3.08. The summed E-state index contributed by atoms with van der Waals surface area (Å²) in [6.07, 6.45) is 7.90. The molecule has 1 heterocycles. The van der Waals surface area contributed by atoms with Crippen LogP contribution in [-0.2, 0) is 30.2 Å². The molecular weight excluding hydrogens is 372 g/mol. The number of benzene rings is 1. The number of carbonyl (C=O) groups is 2. The van der Waals surface area contributed by atoms with Crippen molar-refractivity contribution < 1.29 is 28.5 Å². The minimum Gasteiger partial charge on any atom is -0.494 e. The summed E-state index contributed by atoms with van der Waals surface area (Å²) in [5.74, 6) is 0.215. The van der Waals surface area contributed by atoms with Crippen molar-refractivity contribution in [3.8, 4) is 5.75 Å². The first kappa shape index (κ1) is 23.4. The Morgan fingerprint density at radius 1 is 1.00 bits per heavy atom. The molecule has 1 saturated heterocycles. The van der Waals surface area contributed by atoms with Crippen molar-refractivity contribution in [3.63, 3.8) is 0 Å². The van der Waals surface area contributed by atoms with Gasteiger partial charge in [0.05, 0.1) is 13.2 Å². The number of Topliss-reactive ketones (excluding diaryl/α,β-unsaturated/α-hetero) is 1. The number of aryl methyl sites for hydroxylation is 1. The molecule has 1 atom stereocenters. The Kier molecular flexibility index (Phi) is 11.4. The monoisotopic (exact) mass is 406 g/mol. The summed E-state index contributed by atoms with van der Waals surface area (Å²) in [6, 6.07) is 8.19. The van der Waals surface area contributed by atoms with Crippen LogP contribution in [0.3, 0.4) is 0 Å². The molecule has 0 saturated carbocycles. The maximum atomic E-state index is 11.2. The lowest BCUT2D eigenvalue weighted by atomic mass is 10.1. The summed E-state index contributed by atoms with van der Waals surface area (Å²) in [6.45, 7) is 3.86. The third-order valence-electron chi connectivity index (χ3n) is 4.69. The minimum atomic E-state index is -0.456. The molecule has 0 amide bonds. The van der Waals surface area contributed by atoms with Gasteiger partial charge in [-0.15, -0.1) is 0 Å². The highest BCUT2D eigenvalue weighted by molar-refractivity contribution is 5.94. The topological polar surface area (TPSA) is 71.1 Å². The number of rotatable bonds is 14. The van der Waals surface area contributed by atoms with Crippen LogP contribution in [0.4, 0.5) is 0 Å². The maximum absolute atomic E-state index is 11.2. The summed E-state index contributed by atoms with van der Waals surface area (Å²) >= 11 is 0. The molecule has 1 aliphatic rings. The predicted molar refractivity (Wildman–Crippen MR) is 110 cm³/mol. The van der Waals surface area contributed by atoms with Gasteiger partial charge in [-0.2, -0.15) is 0 Å². The van der Waals surface area contributed by atoms with Gasteiger partial charge in [-0.1, -0.05) is 12.1 Å². The first-order valence-electron chi connectivity index (χ1n) is 10.7. The van der Waals surface area contributed by atoms with Gasteiger partial charge in [-0.25, -0.2) is 0 Å². The van der Waals surface area contributed by atoms with Crippen LogP contribution in [0.1, 0.15) is 63.9 Å². The normalized spacial score (nSPS) is 16.4. The fourth-order valence-corrected chi connectivity index (χ4v) is 3.08. The van der Waals surface area contributed by atoms with Crippen molar-refractivity contribution in [3.05, 3.63) is 29.8 Å². The molecule has 1 unspecified atom stereocenters. The quantitative estimate of drug-likeness (QED) is 0.262. The number of hydrogen-bond donors (Lipinski definition) is 0. The highest BCUT2D eigenvalue weighted by Gasteiger charge is 2.13. The van der Waals surface area contributed by atoms with Gasteiger partial charge in [0.2, 0.25) is 0 Å². The molecule has 2 rings (SSSR count). The van der Waals surface area contributed by atoms with Crippen molar-refractivity contribution in [2.45, 2.75) is 71.0 Å². The molecule has 1 fully saturated rings. The van der Waals surface area contributed by atoms with Gasteiger partial charge in [0.15, 0.2) is 6.29 Å². The lowest BCUT2D eigenvalue weighted by Gasteiger charge is -2.22. The second-order valence-electron chi connectivity index (χ2n) is 7.42. The fraction of sp³-hybridized carbons (Fsp3) is 0.652. The van der Waals surface area contributed by atoms with Gasteiger partial charge in [0.25, 0.3) is 0 Å². The third-order valence-corrected chi connectivity index (χ3v) is 4.69. The smallest absolute Gasteiger partial charge is 0.313 e. The first-order valence-corrected chi connectivity index (χ1v) is 10.7. The number of ketones is 1. The first-order chi connectivity index (χ1) is 14.1. The Balaban J connectivity index is 1.47. The van der Waals surface area contributed by atoms with E-state index in [1.165, 1.54) is 18.9 Å². The molecule has 6 nitrogen and oxygen atoms in total. The van der Waals surface area contributed by atoms with Gasteiger partial charge >= 0.3 is 5.97 Å². The molecule has 6 heteroatoms. The van der Waals surface area contributed by atoms with E-state index in [1.54, 1.807) is 0 Å². The summed E-state index contributed by atoms with van der Waals surface area (Å²) in [7, 11) is 0. The van der Waals surface area contributed by atoms with Crippen LogP contribution in [0.15, 0.2) is 24.3 Å². The number of unbranched alkanes of at least 4 members (excludes halogenated alkanes) is 2. The molecule has 0 aromatic heterocycles. The van der Waals surface area contributed by atoms with Crippen LogP contribution >= 0.6 is 0 Å². The predicted octanol–water partition coefficient (Wildman–Crippen LogP) is 4.23. The van der Waals surface area contributed by atoms with Crippen molar-refractivity contribution in [1.29, 1.82) is 0 Å². The van der Waals surface area contributed by atoms with Gasteiger partial charge in [-0.3, -0.25) is 9.59 Å². The standard InChI is InChI=1S/C23H34O6/c1-19(24)18-22(25)27-15-7-6-14-26-21-12-10-20(11-13-21)8-2-4-16-28-23-9-3-5-17-29-23/h10-13,23H,2-9,14-18H2,1H3. The Morgan fingerprint density at radius 2 is 1.76 bits per heavy atom. The van der Waals surface area contributed by atoms with Gasteiger partial charge in [0.1, 0.15) is 18.0 Å². The lowest BCUT2D eigenvalue weighted by Crippen LogP contribution is -2.22. The molecule has 162 valence electrons. The zero-order valence-electron chi connectivity index (χ0n) is 17.5. The number of ether oxygens (including phenoxy) is 4. The molecule has 1 aromatic rings. The van der Waals surface area contributed by atoms with Crippen LogP contribution in [0.2, 0.25) is 0 Å². The number of esters is 1. The molecule has 1 aromatic carbocycles. The van der Waals surface area contributed by atoms with E-state index in [4.69, 9.17) is 18.9 Å². The third kappa shape index (κ3) is 11.0. The van der Waals surface area contributed by atoms with Crippen LogP contribution < -0.4 is 4.74 Å². The zero-order valence-corrected chi connectivity index (χ0v) is 17.5. The van der Waals surface area contributed by atoms with E-state index in [-0.39, 0.29) is 18.5 Å². The molecule has 0 bridgehead atoms. The van der Waals surface area contributed by atoms with E-state index in [2.05, 4.69) is 12.1 Å². The van der Waals surface area contributed by atoms with Gasteiger partial charge < -0.3 is 18.9 Å². The number of hydrogen-bond acceptors (Lipinski definition) is 6. The second kappa shape index (κ2) is 14.1. The van der Waals surface area contributed by atoms with E-state index < -0.39 is 5.97 Å². The summed E-state index contributed by atoms with van der Waals surface area (Å²) < 4.78 is 22.0. The highest BCUT2D eigenvalue weighted by atomic mass is 16.7. The molecule has 0 spiro atoms. The molecule has 1 aliphatic heterocycles. The largest absolute Gasteiger partial charge is 0.494 e. The SMILES string of the molecule is CC(=O)CC(=O)OCCCCOc1ccc(CCCCOC2CCCCO2)cc1. The van der Waals surface area contributed by atoms with E-state index >= 15 is 0 Å². The van der Waals surface area contributed by atoms with Crippen molar-refractivity contribution >= 4 is 11.8 Å². The summed E-state index contributed by atoms with van der Waals surface area (Å²) in [5.41, 5.74) is 1.30. The van der Waals surface area contributed by atoms with E-state index in [1.807, 2.05) is 12.1 Å². The molecule has 0 radical (unpaired) electrons. The van der Waals surface area contributed by atoms with Crippen molar-refractivity contribution in [2.24, 2.45) is 0 Å². The zero-order chi connectivity index (χ0) is 20.7. The molecule has 29 heavy (non-hydrogen) atoms. The number of carbonyl (C=O) groups excluding carboxylic acids is 2. The van der Waals surface area contributed by atoms with E-state index in [0.717, 1.165) is 63.9 Å². The molecular formula is C23H34O6. The molecule has 0 aliphatic carbocycles. The van der Waals surface area contributed by atoms with Crippen LogP contribution in [-0.4, -0.2) is 44.5 Å². The highest BCUT2D eigenvalue weighted by Crippen LogP contribution is 2.16. The maximum Gasteiger partial charge on any atom is 0.313 e. The van der Waals surface area contributed by atoms with Crippen molar-refractivity contribution in [1.82, 2.24) is 0 Å². The van der Waals surface area contributed by atoms with E-state index in [9.17, 15) is 9.59 Å². The van der Waals surface area contributed by atoms with Gasteiger partial charge in [0, 0.05) is 13.2 Å². The van der Waals surface area contributed by atoms with Crippen molar-refractivity contribution in [2.75, 3.05) is 26.4 Å². The summed E-state index contributed by atoms with van der Waals surface area (Å²) in [5, 5.41) is 0. The van der Waals surface area contributed by atoms with E-state index in [0.29, 0.717) is 13.2 Å². The van der Waals surface area contributed by atoms with Crippen LogP contribution in [0.5, 0.6) is 5.75 Å². The average molecular weight is 407 g/mol. The Hall–Kier alpha value is -1.92. The van der Waals surface area contributed by atoms with Crippen LogP contribution in [0.25, 0.3) is 0 Å². The lowest BCUT2D eigenvalue weighted by molar-refractivity contribution is -0.162. The average Bonchev–Trinajstić information content (AvgIpc) is 2.71. The molecule has 0 N–H and O–H groups in total.